The molecule has 5 aromatic rings. The number of benzene rings is 2. The van der Waals surface area contributed by atoms with Gasteiger partial charge in [-0.25, -0.2) is 9.97 Å². The van der Waals surface area contributed by atoms with Gasteiger partial charge in [-0.15, -0.1) is 0 Å². The van der Waals surface area contributed by atoms with Crippen molar-refractivity contribution in [3.05, 3.63) is 113 Å². The van der Waals surface area contributed by atoms with Crippen molar-refractivity contribution >= 4 is 16.8 Å². The fourth-order valence-corrected chi connectivity index (χ4v) is 4.83. The van der Waals surface area contributed by atoms with Crippen LogP contribution in [0.15, 0.2) is 85.3 Å². The number of nitrogens with zero attached hydrogens (tertiary/aromatic N) is 5. The van der Waals surface area contributed by atoms with Crippen molar-refractivity contribution in [1.29, 1.82) is 0 Å². The van der Waals surface area contributed by atoms with E-state index in [0.717, 1.165) is 39.0 Å². The van der Waals surface area contributed by atoms with E-state index < -0.39 is 0 Å². The second kappa shape index (κ2) is 10.5. The van der Waals surface area contributed by atoms with Crippen LogP contribution < -0.4 is 4.74 Å². The van der Waals surface area contributed by atoms with Crippen molar-refractivity contribution in [2.75, 3.05) is 6.54 Å². The highest BCUT2D eigenvalue weighted by Gasteiger charge is 2.24. The van der Waals surface area contributed by atoms with Crippen LogP contribution in [-0.2, 0) is 25.0 Å². The molecule has 4 heterocycles. The number of carbonyl (C=O) groups is 1. The highest BCUT2D eigenvalue weighted by atomic mass is 16.5. The number of amides is 1. The fourth-order valence-electron chi connectivity index (χ4n) is 4.83. The van der Waals surface area contributed by atoms with E-state index in [1.165, 1.54) is 5.56 Å². The minimum atomic E-state index is -0.108. The number of rotatable bonds is 5. The molecule has 40 heavy (non-hydrogen) atoms. The summed E-state index contributed by atoms with van der Waals surface area (Å²) in [5.74, 6) is 1.31. The van der Waals surface area contributed by atoms with E-state index in [0.29, 0.717) is 37.6 Å². The molecule has 0 aliphatic carbocycles. The number of para-hydroxylation sites is 1. The number of hydrogen-bond acceptors (Lipinski definition) is 6. The number of hydrogen-bond donors (Lipinski definition) is 0. The van der Waals surface area contributed by atoms with Crippen LogP contribution in [0, 0.1) is 0 Å². The molecule has 1 aliphatic heterocycles. The van der Waals surface area contributed by atoms with Crippen molar-refractivity contribution in [3.8, 4) is 17.1 Å². The van der Waals surface area contributed by atoms with Gasteiger partial charge < -0.3 is 9.64 Å². The molecule has 3 aromatic heterocycles. The van der Waals surface area contributed by atoms with Crippen LogP contribution in [0.25, 0.3) is 22.3 Å². The van der Waals surface area contributed by atoms with Gasteiger partial charge in [-0.1, -0.05) is 57.2 Å². The summed E-state index contributed by atoms with van der Waals surface area (Å²) in [5.41, 5.74) is 6.40. The molecule has 0 radical (unpaired) electrons. The topological polar surface area (TPSA) is 81.1 Å². The Morgan fingerprint density at radius 3 is 2.52 bits per heavy atom. The Balaban J connectivity index is 1.11. The van der Waals surface area contributed by atoms with Gasteiger partial charge in [0, 0.05) is 41.6 Å². The van der Waals surface area contributed by atoms with Gasteiger partial charge in [0.05, 0.1) is 17.8 Å². The molecular weight excluding hydrogens is 498 g/mol. The molecule has 2 aromatic carbocycles. The lowest BCUT2D eigenvalue weighted by atomic mass is 9.87. The maximum atomic E-state index is 13.3. The second-order valence-electron chi connectivity index (χ2n) is 11.2. The molecule has 200 valence electrons. The largest absolute Gasteiger partial charge is 0.489 e. The van der Waals surface area contributed by atoms with Gasteiger partial charge in [-0.3, -0.25) is 14.8 Å². The van der Waals surface area contributed by atoms with E-state index in [-0.39, 0.29) is 11.3 Å². The first kappa shape index (κ1) is 25.6. The molecule has 6 rings (SSSR count). The number of pyridine rings is 2. The molecular formula is C33H31N5O2. The Morgan fingerprint density at radius 1 is 0.925 bits per heavy atom. The van der Waals surface area contributed by atoms with E-state index in [2.05, 4.69) is 47.9 Å². The normalized spacial score (nSPS) is 13.2. The molecule has 7 heteroatoms. The molecule has 0 fully saturated rings. The molecule has 1 aliphatic rings. The second-order valence-corrected chi connectivity index (χ2v) is 11.2. The Kier molecular flexibility index (Phi) is 6.72. The average molecular weight is 530 g/mol. The highest BCUT2D eigenvalue weighted by Crippen LogP contribution is 2.26. The maximum Gasteiger partial charge on any atom is 0.272 e. The standard InChI is InChI=1S/C33H31N5O2/c1-33(2,3)26-9-11-27(12-10-26)40-21-22-8-13-29(34-17-22)32(39)38-15-14-24-18-36-31(37-30(24)20-38)25-16-23-6-4-5-7-28(23)35-19-25/h4-13,16-19H,14-15,20-21H2,1-3H3. The van der Waals surface area contributed by atoms with Crippen molar-refractivity contribution in [3.63, 3.8) is 0 Å². The smallest absolute Gasteiger partial charge is 0.272 e. The van der Waals surface area contributed by atoms with Crippen molar-refractivity contribution < 1.29 is 9.53 Å². The van der Waals surface area contributed by atoms with Gasteiger partial charge in [0.1, 0.15) is 18.1 Å². The highest BCUT2D eigenvalue weighted by molar-refractivity contribution is 5.92. The van der Waals surface area contributed by atoms with Crippen LogP contribution in [-0.4, -0.2) is 37.3 Å². The Hall–Kier alpha value is -4.65. The SMILES string of the molecule is CC(C)(C)c1ccc(OCc2ccc(C(=O)N3CCc4cnc(-c5cnc6ccccc6c5)nc4C3)nc2)cc1. The zero-order valence-electron chi connectivity index (χ0n) is 23.0. The first-order valence-corrected chi connectivity index (χ1v) is 13.5. The van der Waals surface area contributed by atoms with Crippen LogP contribution in [0.1, 0.15) is 53.6 Å². The van der Waals surface area contributed by atoms with Crippen molar-refractivity contribution in [2.45, 2.75) is 45.8 Å². The zero-order chi connectivity index (χ0) is 27.7. The van der Waals surface area contributed by atoms with Gasteiger partial charge in [-0.05, 0) is 53.3 Å². The number of fused-ring (bicyclic) bond motifs is 2. The molecule has 0 saturated carbocycles. The predicted octanol–water partition coefficient (Wildman–Crippen LogP) is 6.16. The van der Waals surface area contributed by atoms with Crippen LogP contribution >= 0.6 is 0 Å². The summed E-state index contributed by atoms with van der Waals surface area (Å²) in [6, 6.07) is 21.9. The number of aromatic nitrogens is 4. The Labute approximate surface area is 233 Å². The van der Waals surface area contributed by atoms with Crippen LogP contribution in [0.2, 0.25) is 0 Å². The molecule has 1 amide bonds. The lowest BCUT2D eigenvalue weighted by Crippen LogP contribution is -2.37. The van der Waals surface area contributed by atoms with Crippen LogP contribution in [0.4, 0.5) is 0 Å². The average Bonchev–Trinajstić information content (AvgIpc) is 2.99. The van der Waals surface area contributed by atoms with E-state index in [4.69, 9.17) is 9.72 Å². The van der Waals surface area contributed by atoms with E-state index in [9.17, 15) is 4.79 Å². The maximum absolute atomic E-state index is 13.3. The van der Waals surface area contributed by atoms with Gasteiger partial charge in [-0.2, -0.15) is 0 Å². The fraction of sp³-hybridized carbons (Fsp3) is 0.242. The first-order chi connectivity index (χ1) is 19.3. The van der Waals surface area contributed by atoms with Gasteiger partial charge >= 0.3 is 0 Å². The van der Waals surface area contributed by atoms with E-state index in [1.54, 1.807) is 23.4 Å². The van der Waals surface area contributed by atoms with Crippen molar-refractivity contribution in [1.82, 2.24) is 24.8 Å². The van der Waals surface area contributed by atoms with Gasteiger partial charge in [0.15, 0.2) is 5.82 Å². The number of ether oxygens (including phenoxy) is 1. The molecule has 0 saturated heterocycles. The molecule has 0 atom stereocenters. The van der Waals surface area contributed by atoms with Gasteiger partial charge in [0.25, 0.3) is 5.91 Å². The Bertz CT molecular complexity index is 1670. The lowest BCUT2D eigenvalue weighted by molar-refractivity contribution is 0.0725. The summed E-state index contributed by atoms with van der Waals surface area (Å²) < 4.78 is 5.93. The zero-order valence-corrected chi connectivity index (χ0v) is 23.0. The summed E-state index contributed by atoms with van der Waals surface area (Å²) in [6.45, 7) is 7.97. The van der Waals surface area contributed by atoms with Gasteiger partial charge in [0.2, 0.25) is 0 Å². The quantitative estimate of drug-likeness (QED) is 0.271. The lowest BCUT2D eigenvalue weighted by Gasteiger charge is -2.28. The third-order valence-corrected chi connectivity index (χ3v) is 7.25. The summed E-state index contributed by atoms with van der Waals surface area (Å²) in [4.78, 5) is 33.5. The molecule has 7 nitrogen and oxygen atoms in total. The van der Waals surface area contributed by atoms with Crippen LogP contribution in [0.5, 0.6) is 5.75 Å². The van der Waals surface area contributed by atoms with E-state index in [1.807, 2.05) is 54.7 Å². The van der Waals surface area contributed by atoms with E-state index >= 15 is 0 Å². The Morgan fingerprint density at radius 2 is 1.75 bits per heavy atom. The molecule has 0 spiro atoms. The summed E-state index contributed by atoms with van der Waals surface area (Å²) in [6.07, 6.45) is 6.09. The minimum Gasteiger partial charge on any atom is -0.489 e. The summed E-state index contributed by atoms with van der Waals surface area (Å²) >= 11 is 0. The predicted molar refractivity (Wildman–Crippen MR) is 155 cm³/mol. The van der Waals surface area contributed by atoms with Crippen LogP contribution in [0.3, 0.4) is 0 Å². The molecule has 0 bridgehead atoms. The number of carbonyl (C=O) groups excluding carboxylic acids is 1. The summed E-state index contributed by atoms with van der Waals surface area (Å²) in [5, 5.41) is 1.04. The van der Waals surface area contributed by atoms with Crippen molar-refractivity contribution in [2.24, 2.45) is 0 Å². The molecule has 0 N–H and O–H groups in total. The third kappa shape index (κ3) is 5.41. The first-order valence-electron chi connectivity index (χ1n) is 13.5. The minimum absolute atomic E-state index is 0.102. The third-order valence-electron chi connectivity index (χ3n) is 7.25. The molecule has 0 unspecified atom stereocenters. The summed E-state index contributed by atoms with van der Waals surface area (Å²) in [7, 11) is 0. The monoisotopic (exact) mass is 529 g/mol.